The van der Waals surface area contributed by atoms with Gasteiger partial charge in [-0.25, -0.2) is 0 Å². The molecule has 0 aliphatic heterocycles. The van der Waals surface area contributed by atoms with Crippen molar-refractivity contribution >= 4 is 36.9 Å². The fraction of sp³-hybridized carbons (Fsp3) is 0.0769. The van der Waals surface area contributed by atoms with Crippen molar-refractivity contribution in [3.05, 3.63) is 121 Å². The van der Waals surface area contributed by atoms with Crippen molar-refractivity contribution in [1.82, 2.24) is 0 Å². The van der Waals surface area contributed by atoms with Gasteiger partial charge in [-0.1, -0.05) is 137 Å². The third-order valence-corrected chi connectivity index (χ3v) is 9.03. The van der Waals surface area contributed by atoms with Gasteiger partial charge >= 0.3 is 0 Å². The Labute approximate surface area is 176 Å². The highest BCUT2D eigenvalue weighted by molar-refractivity contribution is 7.78. The molecule has 0 atom stereocenters. The van der Waals surface area contributed by atoms with Gasteiger partial charge in [0.15, 0.2) is 0 Å². The smallest absolute Gasteiger partial charge is 0.142 e. The minimum atomic E-state index is -2.40. The molecule has 29 heavy (non-hydrogen) atoms. The van der Waals surface area contributed by atoms with Gasteiger partial charge in [0.1, 0.15) is 7.14 Å². The maximum atomic E-state index is 13.0. The second-order valence-electron chi connectivity index (χ2n) is 6.58. The molecule has 1 nitrogen and oxygen atoms in total. The van der Waals surface area contributed by atoms with Crippen LogP contribution in [0.3, 0.4) is 0 Å². The van der Waals surface area contributed by atoms with Crippen LogP contribution >= 0.6 is 15.7 Å². The van der Waals surface area contributed by atoms with Gasteiger partial charge in [0, 0.05) is 16.8 Å². The second kappa shape index (κ2) is 10.9. The van der Waals surface area contributed by atoms with Crippen molar-refractivity contribution < 1.29 is 4.57 Å². The third kappa shape index (κ3) is 6.01. The molecule has 4 aromatic rings. The minimum Gasteiger partial charge on any atom is -0.314 e. The largest absolute Gasteiger partial charge is 0.314 e. The van der Waals surface area contributed by atoms with Gasteiger partial charge in [0.25, 0.3) is 0 Å². The molecule has 0 heterocycles. The van der Waals surface area contributed by atoms with Crippen LogP contribution in [0.5, 0.6) is 0 Å². The zero-order valence-electron chi connectivity index (χ0n) is 16.6. The summed E-state index contributed by atoms with van der Waals surface area (Å²) in [5, 5.41) is 4.69. The summed E-state index contributed by atoms with van der Waals surface area (Å²) >= 11 is 0. The lowest BCUT2D eigenvalue weighted by Gasteiger charge is -2.16. The van der Waals surface area contributed by atoms with Crippen LogP contribution in [0.25, 0.3) is 0 Å². The van der Waals surface area contributed by atoms with Crippen molar-refractivity contribution in [2.24, 2.45) is 0 Å². The monoisotopic (exact) mass is 416 g/mol. The summed E-state index contributed by atoms with van der Waals surface area (Å²) in [7, 11) is -1.63. The van der Waals surface area contributed by atoms with E-state index in [-0.39, 0.29) is 0 Å². The average molecular weight is 416 g/mol. The Hall–Kier alpha value is -2.46. The first kappa shape index (κ1) is 21.3. The lowest BCUT2D eigenvalue weighted by atomic mass is 10.4. The molecule has 0 bridgehead atoms. The molecule has 4 rings (SSSR count). The predicted molar refractivity (Wildman–Crippen MR) is 131 cm³/mol. The molecule has 0 N–H and O–H groups in total. The van der Waals surface area contributed by atoms with Gasteiger partial charge in [-0.05, 0) is 10.6 Å². The molecule has 4 aromatic carbocycles. The summed E-state index contributed by atoms with van der Waals surface area (Å²) in [6, 6.07) is 40.7. The van der Waals surface area contributed by atoms with E-state index in [1.54, 1.807) is 0 Å². The third-order valence-electron chi connectivity index (χ3n) is 4.63. The molecule has 146 valence electrons. The molecule has 0 aliphatic rings. The highest BCUT2D eigenvalue weighted by atomic mass is 31.2. The van der Waals surface area contributed by atoms with E-state index in [9.17, 15) is 4.57 Å². The van der Waals surface area contributed by atoms with E-state index in [0.717, 1.165) is 19.2 Å². The summed E-state index contributed by atoms with van der Waals surface area (Å²) in [5.74, 6) is 0. The molecule has 0 radical (unpaired) electrons. The first-order chi connectivity index (χ1) is 14.2. The summed E-state index contributed by atoms with van der Waals surface area (Å²) in [4.78, 5) is 0. The van der Waals surface area contributed by atoms with Gasteiger partial charge in [-0.15, -0.1) is 0 Å². The Morgan fingerprint density at radius 2 is 0.862 bits per heavy atom. The Bertz CT molecular complexity index is 936. The molecule has 0 spiro atoms. The first-order valence-electron chi connectivity index (χ1n) is 9.80. The van der Waals surface area contributed by atoms with Gasteiger partial charge in [-0.2, -0.15) is 0 Å². The van der Waals surface area contributed by atoms with E-state index in [4.69, 9.17) is 0 Å². The van der Waals surface area contributed by atoms with E-state index in [0.29, 0.717) is 6.16 Å². The Kier molecular flexibility index (Phi) is 8.00. The standard InChI is InChI=1S/C14H15OP.C12H11P/c1-2-16(15,13-9-5-3-6-10-13)14-11-7-4-8-12-14;1-3-7-11(8-4-1)13-12-9-5-2-6-10-12/h3-12H,2H2,1H3;1-10,13H. The molecule has 0 saturated carbocycles. The van der Waals surface area contributed by atoms with Crippen LogP contribution in [0.1, 0.15) is 6.92 Å². The molecule has 3 heteroatoms. The Morgan fingerprint density at radius 1 is 0.552 bits per heavy atom. The van der Waals surface area contributed by atoms with Crippen LogP contribution in [0.2, 0.25) is 0 Å². The van der Waals surface area contributed by atoms with Crippen LogP contribution in [-0.4, -0.2) is 6.16 Å². The summed E-state index contributed by atoms with van der Waals surface area (Å²) in [5.41, 5.74) is 0. The quantitative estimate of drug-likeness (QED) is 0.402. The zero-order valence-corrected chi connectivity index (χ0v) is 18.5. The number of hydrogen-bond acceptors (Lipinski definition) is 1. The van der Waals surface area contributed by atoms with E-state index in [1.807, 2.05) is 67.6 Å². The topological polar surface area (TPSA) is 17.1 Å². The maximum absolute atomic E-state index is 13.0. The van der Waals surface area contributed by atoms with Gasteiger partial charge < -0.3 is 4.57 Å². The van der Waals surface area contributed by atoms with Gasteiger partial charge in [-0.3, -0.25) is 0 Å². The average Bonchev–Trinajstić information content (AvgIpc) is 2.81. The summed E-state index contributed by atoms with van der Waals surface area (Å²) < 4.78 is 13.0. The Morgan fingerprint density at radius 3 is 1.17 bits per heavy atom. The highest BCUT2D eigenvalue weighted by Gasteiger charge is 2.24. The van der Waals surface area contributed by atoms with E-state index in [1.165, 1.54) is 10.6 Å². The molecule has 0 unspecified atom stereocenters. The van der Waals surface area contributed by atoms with E-state index in [2.05, 4.69) is 60.7 Å². The normalized spacial score (nSPS) is 10.7. The van der Waals surface area contributed by atoms with Gasteiger partial charge in [0.05, 0.1) is 0 Å². The molecular weight excluding hydrogens is 390 g/mol. The fourth-order valence-electron chi connectivity index (χ4n) is 3.06. The van der Waals surface area contributed by atoms with Crippen LogP contribution in [0.4, 0.5) is 0 Å². The van der Waals surface area contributed by atoms with Crippen molar-refractivity contribution in [1.29, 1.82) is 0 Å². The van der Waals surface area contributed by atoms with Crippen molar-refractivity contribution in [2.45, 2.75) is 6.92 Å². The van der Waals surface area contributed by atoms with E-state index >= 15 is 0 Å². The molecule has 0 aromatic heterocycles. The minimum absolute atomic E-state index is 0.668. The molecule has 0 amide bonds. The lowest BCUT2D eigenvalue weighted by Crippen LogP contribution is -2.17. The SMILES string of the molecule is CCP(=O)(c1ccccc1)c1ccccc1.c1ccc(Pc2ccccc2)cc1. The fourth-order valence-corrected chi connectivity index (χ4v) is 6.45. The summed E-state index contributed by atoms with van der Waals surface area (Å²) in [6.45, 7) is 1.99. The van der Waals surface area contributed by atoms with Crippen LogP contribution < -0.4 is 21.2 Å². The van der Waals surface area contributed by atoms with Crippen molar-refractivity contribution in [2.75, 3.05) is 6.16 Å². The lowest BCUT2D eigenvalue weighted by molar-refractivity contribution is 0.587. The summed E-state index contributed by atoms with van der Waals surface area (Å²) in [6.07, 6.45) is 0.668. The molecule has 0 aliphatic carbocycles. The zero-order chi connectivity index (χ0) is 20.4. The molecule has 0 fully saturated rings. The predicted octanol–water partition coefficient (Wildman–Crippen LogP) is 5.34. The Balaban J connectivity index is 0.000000169. The van der Waals surface area contributed by atoms with Crippen molar-refractivity contribution in [3.63, 3.8) is 0 Å². The number of rotatable bonds is 5. The number of hydrogen-bond donors (Lipinski definition) is 0. The van der Waals surface area contributed by atoms with Gasteiger partial charge in [0.2, 0.25) is 0 Å². The molecule has 0 saturated heterocycles. The first-order valence-corrected chi connectivity index (χ1v) is 12.7. The number of benzene rings is 4. The van der Waals surface area contributed by atoms with Crippen LogP contribution in [-0.2, 0) is 4.57 Å². The molecular formula is C26H26OP2. The highest BCUT2D eigenvalue weighted by Crippen LogP contribution is 2.42. The maximum Gasteiger partial charge on any atom is 0.142 e. The second-order valence-corrected chi connectivity index (χ2v) is 11.1. The van der Waals surface area contributed by atoms with Crippen LogP contribution in [0.15, 0.2) is 121 Å². The van der Waals surface area contributed by atoms with Crippen LogP contribution in [0, 0.1) is 0 Å². The van der Waals surface area contributed by atoms with Crippen molar-refractivity contribution in [3.8, 4) is 0 Å². The van der Waals surface area contributed by atoms with E-state index < -0.39 is 7.14 Å².